The van der Waals surface area contributed by atoms with Gasteiger partial charge >= 0.3 is 4.87 Å². The highest BCUT2D eigenvalue weighted by atomic mass is 32.1. The molecule has 152 valence electrons. The Morgan fingerprint density at radius 3 is 2.14 bits per heavy atom. The Morgan fingerprint density at radius 2 is 1.66 bits per heavy atom. The van der Waals surface area contributed by atoms with Gasteiger partial charge in [-0.25, -0.2) is 0 Å². The van der Waals surface area contributed by atoms with E-state index in [1.54, 1.807) is 14.1 Å². The first-order valence-corrected chi connectivity index (χ1v) is 9.87. The minimum atomic E-state index is -0.567. The number of nitrogens with two attached hydrogens (primary N) is 1. The lowest BCUT2D eigenvalue weighted by atomic mass is 10.1. The second-order valence-corrected chi connectivity index (χ2v) is 7.96. The molecule has 8 heteroatoms. The first kappa shape index (κ1) is 20.6. The van der Waals surface area contributed by atoms with Gasteiger partial charge in [-0.1, -0.05) is 35.6 Å². The zero-order valence-corrected chi connectivity index (χ0v) is 17.0. The number of aromatic hydroxyl groups is 1. The fraction of sp³-hybridized carbons (Fsp3) is 0.238. The summed E-state index contributed by atoms with van der Waals surface area (Å²) in [6, 6.07) is 14.3. The summed E-state index contributed by atoms with van der Waals surface area (Å²) in [6.45, 7) is 0. The van der Waals surface area contributed by atoms with Crippen LogP contribution >= 0.6 is 11.3 Å². The van der Waals surface area contributed by atoms with Crippen molar-refractivity contribution in [3.63, 3.8) is 0 Å². The maximum atomic E-state index is 11.9. The van der Waals surface area contributed by atoms with Gasteiger partial charge in [0.15, 0.2) is 0 Å². The third kappa shape index (κ3) is 5.46. The molecule has 0 spiro atoms. The number of nitrogens with one attached hydrogen (secondary N) is 1. The van der Waals surface area contributed by atoms with Crippen molar-refractivity contribution in [2.45, 2.75) is 18.9 Å². The summed E-state index contributed by atoms with van der Waals surface area (Å²) in [5, 5.41) is 9.68. The summed E-state index contributed by atoms with van der Waals surface area (Å²) >= 11 is 1.000. The zero-order chi connectivity index (χ0) is 21.0. The molecule has 1 atom stereocenters. The predicted molar refractivity (Wildman–Crippen MR) is 113 cm³/mol. The number of thiazole rings is 1. The van der Waals surface area contributed by atoms with Gasteiger partial charge in [-0.2, -0.15) is 0 Å². The summed E-state index contributed by atoms with van der Waals surface area (Å²) in [5.41, 5.74) is 7.85. The number of hydrogen-bond acceptors (Lipinski definition) is 6. The number of carbonyl (C=O) groups is 1. The van der Waals surface area contributed by atoms with Crippen molar-refractivity contribution in [2.75, 3.05) is 14.1 Å². The third-order valence-electron chi connectivity index (χ3n) is 4.36. The van der Waals surface area contributed by atoms with Crippen LogP contribution in [-0.4, -0.2) is 41.0 Å². The van der Waals surface area contributed by atoms with E-state index in [0.29, 0.717) is 29.2 Å². The molecular formula is C21H23N3O4S. The smallest absolute Gasteiger partial charge is 0.307 e. The monoisotopic (exact) mass is 413 g/mol. The molecule has 0 aliphatic carbocycles. The van der Waals surface area contributed by atoms with E-state index in [0.717, 1.165) is 22.5 Å². The van der Waals surface area contributed by atoms with Gasteiger partial charge in [-0.05, 0) is 41.8 Å². The van der Waals surface area contributed by atoms with Gasteiger partial charge in [0.25, 0.3) is 0 Å². The summed E-state index contributed by atoms with van der Waals surface area (Å²) in [6.07, 6.45) is 0.931. The molecule has 0 aliphatic rings. The Kier molecular flexibility index (Phi) is 6.36. The van der Waals surface area contributed by atoms with E-state index in [9.17, 15) is 14.7 Å². The van der Waals surface area contributed by atoms with Gasteiger partial charge in [-0.3, -0.25) is 14.6 Å². The number of aromatic amines is 1. The average Bonchev–Trinajstić information content (AvgIpc) is 3.01. The van der Waals surface area contributed by atoms with Crippen LogP contribution in [0.5, 0.6) is 17.4 Å². The molecule has 0 saturated carbocycles. The average molecular weight is 413 g/mol. The predicted octanol–water partition coefficient (Wildman–Crippen LogP) is 2.48. The van der Waals surface area contributed by atoms with Gasteiger partial charge < -0.3 is 20.5 Å². The van der Waals surface area contributed by atoms with Crippen LogP contribution in [0.15, 0.2) is 53.3 Å². The number of benzene rings is 2. The molecule has 3 aromatic rings. The second kappa shape index (κ2) is 8.93. The fourth-order valence-electron chi connectivity index (χ4n) is 2.84. The van der Waals surface area contributed by atoms with Crippen molar-refractivity contribution in [1.82, 2.24) is 9.88 Å². The molecule has 0 unspecified atom stereocenters. The van der Waals surface area contributed by atoms with E-state index in [1.807, 2.05) is 48.5 Å². The van der Waals surface area contributed by atoms with Crippen molar-refractivity contribution >= 4 is 17.2 Å². The molecule has 0 saturated heterocycles. The first-order chi connectivity index (χ1) is 13.8. The maximum absolute atomic E-state index is 11.9. The Hall–Kier alpha value is -3.10. The SMILES string of the molecule is CN(C)C(=O)[C@@H](N)Cc1ccc(Oc2ccc(Cc3sc(=O)[nH]c3O)cc2)cc1. The summed E-state index contributed by atoms with van der Waals surface area (Å²) < 4.78 is 5.85. The number of carbonyl (C=O) groups excluding carboxylic acids is 1. The molecule has 29 heavy (non-hydrogen) atoms. The number of likely N-dealkylation sites (N-methyl/N-ethyl adjacent to an activating group) is 1. The number of hydrogen-bond donors (Lipinski definition) is 3. The molecule has 7 nitrogen and oxygen atoms in total. The minimum absolute atomic E-state index is 0.0765. The standard InChI is InChI=1S/C21H23N3O4S/c1-24(2)20(26)17(22)11-13-3-7-15(8-4-13)28-16-9-5-14(6-10-16)12-18-19(25)23-21(27)29-18/h3-10,17,25H,11-12,22H2,1-2H3,(H,23,27)/t17-/m0/s1. The van der Waals surface area contributed by atoms with Crippen LogP contribution < -0.4 is 15.3 Å². The Bertz CT molecular complexity index is 1020. The second-order valence-electron chi connectivity index (χ2n) is 6.90. The Balaban J connectivity index is 1.59. The molecular weight excluding hydrogens is 390 g/mol. The molecule has 1 amide bonds. The number of amides is 1. The van der Waals surface area contributed by atoms with Crippen LogP contribution in [0, 0.1) is 0 Å². The van der Waals surface area contributed by atoms with Gasteiger partial charge in [0.1, 0.15) is 11.5 Å². The van der Waals surface area contributed by atoms with Crippen LogP contribution in [0.3, 0.4) is 0 Å². The quantitative estimate of drug-likeness (QED) is 0.551. The van der Waals surface area contributed by atoms with Gasteiger partial charge in [-0.15, -0.1) is 0 Å². The van der Waals surface area contributed by atoms with E-state index in [1.165, 1.54) is 4.90 Å². The molecule has 0 fully saturated rings. The molecule has 0 radical (unpaired) electrons. The number of ether oxygens (including phenoxy) is 1. The van der Waals surface area contributed by atoms with Gasteiger partial charge in [0, 0.05) is 20.5 Å². The highest BCUT2D eigenvalue weighted by Crippen LogP contribution is 2.25. The van der Waals surface area contributed by atoms with E-state index >= 15 is 0 Å². The van der Waals surface area contributed by atoms with Crippen molar-refractivity contribution < 1.29 is 14.6 Å². The minimum Gasteiger partial charge on any atom is -0.494 e. The largest absolute Gasteiger partial charge is 0.494 e. The highest BCUT2D eigenvalue weighted by Gasteiger charge is 2.15. The van der Waals surface area contributed by atoms with E-state index in [-0.39, 0.29) is 16.7 Å². The lowest BCUT2D eigenvalue weighted by Gasteiger charge is -2.16. The molecule has 1 aromatic heterocycles. The van der Waals surface area contributed by atoms with Crippen LogP contribution in [0.4, 0.5) is 0 Å². The Labute approximate surface area is 172 Å². The number of nitrogens with zero attached hydrogens (tertiary/aromatic N) is 1. The highest BCUT2D eigenvalue weighted by molar-refractivity contribution is 7.09. The topological polar surface area (TPSA) is 109 Å². The number of H-pyrrole nitrogens is 1. The summed E-state index contributed by atoms with van der Waals surface area (Å²) in [7, 11) is 3.38. The van der Waals surface area contributed by atoms with Crippen LogP contribution in [0.2, 0.25) is 0 Å². The van der Waals surface area contributed by atoms with Crippen molar-refractivity contribution in [1.29, 1.82) is 0 Å². The molecule has 0 aliphatic heterocycles. The van der Waals surface area contributed by atoms with E-state index in [4.69, 9.17) is 10.5 Å². The molecule has 3 rings (SSSR count). The molecule has 2 aromatic carbocycles. The van der Waals surface area contributed by atoms with Crippen molar-refractivity contribution in [3.8, 4) is 17.4 Å². The van der Waals surface area contributed by atoms with Crippen LogP contribution in [-0.2, 0) is 17.6 Å². The van der Waals surface area contributed by atoms with E-state index < -0.39 is 6.04 Å². The lowest BCUT2D eigenvalue weighted by Crippen LogP contribution is -2.41. The van der Waals surface area contributed by atoms with Gasteiger partial charge in [0.2, 0.25) is 11.8 Å². The van der Waals surface area contributed by atoms with E-state index in [2.05, 4.69) is 4.98 Å². The number of rotatable bonds is 7. The first-order valence-electron chi connectivity index (χ1n) is 9.05. The molecule has 1 heterocycles. The summed E-state index contributed by atoms with van der Waals surface area (Å²) in [5.74, 6) is 1.17. The lowest BCUT2D eigenvalue weighted by molar-refractivity contribution is -0.130. The summed E-state index contributed by atoms with van der Waals surface area (Å²) in [4.78, 5) is 27.3. The zero-order valence-electron chi connectivity index (χ0n) is 16.2. The Morgan fingerprint density at radius 1 is 1.10 bits per heavy atom. The molecule has 4 N–H and O–H groups in total. The third-order valence-corrected chi connectivity index (χ3v) is 5.23. The normalized spacial score (nSPS) is 11.8. The van der Waals surface area contributed by atoms with Crippen molar-refractivity contribution in [2.24, 2.45) is 5.73 Å². The van der Waals surface area contributed by atoms with Crippen molar-refractivity contribution in [3.05, 3.63) is 74.2 Å². The molecule has 0 bridgehead atoms. The number of aromatic nitrogens is 1. The van der Waals surface area contributed by atoms with Crippen LogP contribution in [0.1, 0.15) is 16.0 Å². The maximum Gasteiger partial charge on any atom is 0.307 e. The van der Waals surface area contributed by atoms with Gasteiger partial charge in [0.05, 0.1) is 10.9 Å². The van der Waals surface area contributed by atoms with Crippen LogP contribution in [0.25, 0.3) is 0 Å². The fourth-order valence-corrected chi connectivity index (χ4v) is 3.59.